The van der Waals surface area contributed by atoms with Gasteiger partial charge in [-0.05, 0) is 12.1 Å². The van der Waals surface area contributed by atoms with E-state index in [1.165, 1.54) is 6.20 Å². The molecule has 0 atom stereocenters. The van der Waals surface area contributed by atoms with E-state index in [-0.39, 0.29) is 0 Å². The fourth-order valence-electron chi connectivity index (χ4n) is 1.26. The number of fused-ring (bicyclic) bond motifs is 1. The Balaban J connectivity index is 2.46. The van der Waals surface area contributed by atoms with Crippen molar-refractivity contribution in [3.63, 3.8) is 0 Å². The minimum Gasteiger partial charge on any atom is -0.465 e. The summed E-state index contributed by atoms with van der Waals surface area (Å²) in [6.07, 6.45) is 0.415. The zero-order valence-electron chi connectivity index (χ0n) is 7.27. The maximum atomic E-state index is 10.4. The topological polar surface area (TPSA) is 62.2 Å². The maximum absolute atomic E-state index is 10.4. The highest BCUT2D eigenvalue weighted by molar-refractivity contribution is 5.87. The molecule has 1 amide bonds. The molecule has 4 nitrogen and oxygen atoms in total. The molecule has 4 heteroatoms. The van der Waals surface area contributed by atoms with E-state index < -0.39 is 6.09 Å². The zero-order valence-corrected chi connectivity index (χ0v) is 7.27. The summed E-state index contributed by atoms with van der Waals surface area (Å²) in [5, 5.41) is 11.7. The molecule has 0 bridgehead atoms. The Kier molecular flexibility index (Phi) is 2.02. The number of hydrogen-bond acceptors (Lipinski definition) is 2. The van der Waals surface area contributed by atoms with Crippen LogP contribution in [0.25, 0.3) is 10.9 Å². The number of aromatic nitrogens is 1. The molecule has 0 saturated heterocycles. The first-order valence-electron chi connectivity index (χ1n) is 4.10. The molecule has 70 valence electrons. The zero-order chi connectivity index (χ0) is 9.97. The van der Waals surface area contributed by atoms with Gasteiger partial charge < -0.3 is 5.11 Å². The molecule has 0 unspecified atom stereocenters. The largest absolute Gasteiger partial charge is 0.465 e. The Morgan fingerprint density at radius 2 is 2.14 bits per heavy atom. The van der Waals surface area contributed by atoms with Crippen molar-refractivity contribution in [3.8, 4) is 0 Å². The molecule has 0 aliphatic heterocycles. The van der Waals surface area contributed by atoms with Crippen LogP contribution >= 0.6 is 0 Å². The molecule has 1 aromatic heterocycles. The number of rotatable bonds is 1. The van der Waals surface area contributed by atoms with E-state index in [2.05, 4.69) is 10.3 Å². The first kappa shape index (κ1) is 8.50. The number of nitrogens with zero attached hydrogens (tertiary/aromatic N) is 1. The van der Waals surface area contributed by atoms with Crippen molar-refractivity contribution in [2.75, 3.05) is 5.32 Å². The van der Waals surface area contributed by atoms with Gasteiger partial charge in [0.15, 0.2) is 0 Å². The van der Waals surface area contributed by atoms with Gasteiger partial charge in [0.2, 0.25) is 0 Å². The number of para-hydroxylation sites is 1. The Bertz CT molecular complexity index is 482. The molecule has 14 heavy (non-hydrogen) atoms. The number of amides is 1. The summed E-state index contributed by atoms with van der Waals surface area (Å²) < 4.78 is 0. The molecule has 1 heterocycles. The molecule has 0 radical (unpaired) electrons. The summed E-state index contributed by atoms with van der Waals surface area (Å²) in [7, 11) is 0. The average molecular weight is 188 g/mol. The molecule has 2 rings (SSSR count). The number of anilines is 1. The first-order valence-corrected chi connectivity index (χ1v) is 4.10. The van der Waals surface area contributed by atoms with E-state index >= 15 is 0 Å². The van der Waals surface area contributed by atoms with Gasteiger partial charge in [0, 0.05) is 5.39 Å². The summed E-state index contributed by atoms with van der Waals surface area (Å²) in [4.78, 5) is 14.5. The quantitative estimate of drug-likeness (QED) is 0.721. The van der Waals surface area contributed by atoms with Crippen LogP contribution in [0, 0.1) is 0 Å². The van der Waals surface area contributed by atoms with Crippen molar-refractivity contribution in [1.29, 1.82) is 0 Å². The first-order chi connectivity index (χ1) is 6.75. The van der Waals surface area contributed by atoms with Crippen LogP contribution in [-0.4, -0.2) is 16.2 Å². The van der Waals surface area contributed by atoms with Crippen LogP contribution in [0.4, 0.5) is 10.5 Å². The summed E-state index contributed by atoms with van der Waals surface area (Å²) in [5.74, 6) is 0. The van der Waals surface area contributed by atoms with Gasteiger partial charge in [-0.3, -0.25) is 10.3 Å². The van der Waals surface area contributed by atoms with E-state index in [0.29, 0.717) is 5.69 Å². The molecule has 0 aliphatic carbocycles. The normalized spacial score (nSPS) is 10.0. The predicted molar refractivity (Wildman–Crippen MR) is 53.4 cm³/mol. The monoisotopic (exact) mass is 188 g/mol. The Morgan fingerprint density at radius 1 is 1.36 bits per heavy atom. The number of carbonyl (C=O) groups is 1. The molecule has 2 N–H and O–H groups in total. The lowest BCUT2D eigenvalue weighted by Crippen LogP contribution is -2.07. The van der Waals surface area contributed by atoms with Crippen molar-refractivity contribution in [1.82, 2.24) is 4.98 Å². The van der Waals surface area contributed by atoms with E-state index in [0.717, 1.165) is 10.9 Å². The second-order valence-electron chi connectivity index (χ2n) is 2.85. The number of benzene rings is 1. The van der Waals surface area contributed by atoms with Crippen molar-refractivity contribution in [2.45, 2.75) is 0 Å². The Labute approximate surface area is 80.2 Å². The lowest BCUT2D eigenvalue weighted by molar-refractivity contribution is 0.209. The number of nitrogens with one attached hydrogen (secondary N) is 1. The van der Waals surface area contributed by atoms with Crippen LogP contribution in [0.3, 0.4) is 0 Å². The van der Waals surface area contributed by atoms with Crippen molar-refractivity contribution < 1.29 is 9.90 Å². The fourth-order valence-corrected chi connectivity index (χ4v) is 1.26. The standard InChI is InChI=1S/C10H8N2O2/c13-10(14)12-8-5-7-3-1-2-4-9(7)11-6-8/h1-6,12H,(H,13,14). The van der Waals surface area contributed by atoms with Gasteiger partial charge in [0.25, 0.3) is 0 Å². The predicted octanol–water partition coefficient (Wildman–Crippen LogP) is 2.32. The average Bonchev–Trinajstić information content (AvgIpc) is 2.17. The SMILES string of the molecule is O=C(O)Nc1cnc2ccccc2c1. The van der Waals surface area contributed by atoms with Crippen LogP contribution in [-0.2, 0) is 0 Å². The molecular weight excluding hydrogens is 180 g/mol. The Hall–Kier alpha value is -2.10. The Morgan fingerprint density at radius 3 is 2.93 bits per heavy atom. The lowest BCUT2D eigenvalue weighted by atomic mass is 10.2. The van der Waals surface area contributed by atoms with E-state index in [4.69, 9.17) is 5.11 Å². The van der Waals surface area contributed by atoms with Gasteiger partial charge in [0.05, 0.1) is 17.4 Å². The molecule has 0 fully saturated rings. The van der Waals surface area contributed by atoms with Crippen molar-refractivity contribution in [2.24, 2.45) is 0 Å². The van der Waals surface area contributed by atoms with Gasteiger partial charge in [-0.2, -0.15) is 0 Å². The summed E-state index contributed by atoms with van der Waals surface area (Å²) in [5.41, 5.74) is 1.33. The van der Waals surface area contributed by atoms with Gasteiger partial charge in [-0.25, -0.2) is 4.79 Å². The molecule has 1 aromatic carbocycles. The summed E-state index contributed by atoms with van der Waals surface area (Å²) >= 11 is 0. The second kappa shape index (κ2) is 3.33. The van der Waals surface area contributed by atoms with Crippen LogP contribution in [0.15, 0.2) is 36.5 Å². The van der Waals surface area contributed by atoms with Crippen molar-refractivity contribution >= 4 is 22.7 Å². The van der Waals surface area contributed by atoms with Crippen LogP contribution < -0.4 is 5.32 Å². The smallest absolute Gasteiger partial charge is 0.409 e. The highest BCUT2D eigenvalue weighted by Gasteiger charge is 1.99. The van der Waals surface area contributed by atoms with E-state index in [9.17, 15) is 4.79 Å². The summed E-state index contributed by atoms with van der Waals surface area (Å²) in [6, 6.07) is 9.28. The van der Waals surface area contributed by atoms with Crippen LogP contribution in [0.1, 0.15) is 0 Å². The van der Waals surface area contributed by atoms with Crippen molar-refractivity contribution in [3.05, 3.63) is 36.5 Å². The molecule has 2 aromatic rings. The number of hydrogen-bond donors (Lipinski definition) is 2. The third kappa shape index (κ3) is 1.64. The third-order valence-corrected chi connectivity index (χ3v) is 1.84. The number of carboxylic acid groups (broad SMARTS) is 1. The summed E-state index contributed by atoms with van der Waals surface area (Å²) in [6.45, 7) is 0. The maximum Gasteiger partial charge on any atom is 0.409 e. The molecular formula is C10H8N2O2. The fraction of sp³-hybridized carbons (Fsp3) is 0. The van der Waals surface area contributed by atoms with Gasteiger partial charge in [0.1, 0.15) is 0 Å². The lowest BCUT2D eigenvalue weighted by Gasteiger charge is -2.01. The minimum atomic E-state index is -1.08. The minimum absolute atomic E-state index is 0.483. The van der Waals surface area contributed by atoms with Crippen LogP contribution in [0.2, 0.25) is 0 Å². The number of pyridine rings is 1. The van der Waals surface area contributed by atoms with E-state index in [1.807, 2.05) is 24.3 Å². The third-order valence-electron chi connectivity index (χ3n) is 1.84. The highest BCUT2D eigenvalue weighted by atomic mass is 16.4. The van der Waals surface area contributed by atoms with Crippen LogP contribution in [0.5, 0.6) is 0 Å². The second-order valence-corrected chi connectivity index (χ2v) is 2.85. The molecule has 0 saturated carbocycles. The molecule has 0 aliphatic rings. The highest BCUT2D eigenvalue weighted by Crippen LogP contribution is 2.15. The van der Waals surface area contributed by atoms with Gasteiger partial charge in [-0.15, -0.1) is 0 Å². The molecule has 0 spiro atoms. The van der Waals surface area contributed by atoms with Gasteiger partial charge in [-0.1, -0.05) is 18.2 Å². The van der Waals surface area contributed by atoms with Gasteiger partial charge >= 0.3 is 6.09 Å². The van der Waals surface area contributed by atoms with E-state index in [1.54, 1.807) is 6.07 Å².